The van der Waals surface area contributed by atoms with Gasteiger partial charge in [-0.25, -0.2) is 13.4 Å². The van der Waals surface area contributed by atoms with Crippen LogP contribution in [0.3, 0.4) is 0 Å². The second-order valence-electron chi connectivity index (χ2n) is 8.41. The number of carbonyl (C=O) groups is 1. The highest BCUT2D eigenvalue weighted by molar-refractivity contribution is 7.92. The number of rotatable bonds is 5. The molecule has 1 aromatic carbocycles. The molecule has 1 saturated heterocycles. The van der Waals surface area contributed by atoms with E-state index in [1.807, 2.05) is 4.72 Å². The molecule has 0 unspecified atom stereocenters. The van der Waals surface area contributed by atoms with Gasteiger partial charge in [0.1, 0.15) is 18.0 Å². The Morgan fingerprint density at radius 2 is 1.97 bits per heavy atom. The van der Waals surface area contributed by atoms with Crippen LogP contribution in [0.1, 0.15) is 56.1 Å². The lowest BCUT2D eigenvalue weighted by molar-refractivity contribution is -0.117. The first-order chi connectivity index (χ1) is 13.8. The normalized spacial score (nSPS) is 22.5. The van der Waals surface area contributed by atoms with E-state index in [-0.39, 0.29) is 0 Å². The number of aromatic hydroxyl groups is 1. The minimum Gasteiger partial charge on any atom is -0.506 e. The minimum atomic E-state index is -4.18. The number of amides is 1. The van der Waals surface area contributed by atoms with E-state index in [0.717, 1.165) is 25.4 Å². The Bertz CT molecular complexity index is 899. The van der Waals surface area contributed by atoms with Gasteiger partial charge in [0.2, 0.25) is 0 Å². The molecule has 0 aromatic heterocycles. The van der Waals surface area contributed by atoms with E-state index in [4.69, 9.17) is 0 Å². The van der Waals surface area contributed by atoms with Gasteiger partial charge in [-0.1, -0.05) is 32.1 Å². The number of nitrogens with zero attached hydrogens (tertiary/aromatic N) is 2. The maximum Gasteiger partial charge on any atom is 0.326 e. The van der Waals surface area contributed by atoms with Crippen LogP contribution in [0.15, 0.2) is 6.07 Å². The SMILES string of the molecule is O=C1CN(c2c(O)cc3c(c2F)CN(CCCC2CCCCC2)CC3)S(=O)(=O)N1. The molecule has 29 heavy (non-hydrogen) atoms. The molecular weight excluding hydrogens is 397 g/mol. The van der Waals surface area contributed by atoms with Crippen molar-refractivity contribution in [2.24, 2.45) is 5.92 Å². The largest absolute Gasteiger partial charge is 0.506 e. The molecule has 2 heterocycles. The Kier molecular flexibility index (Phi) is 5.70. The molecule has 0 radical (unpaired) electrons. The maximum atomic E-state index is 15.3. The Hall–Kier alpha value is -1.87. The van der Waals surface area contributed by atoms with Crippen molar-refractivity contribution in [3.63, 3.8) is 0 Å². The van der Waals surface area contributed by atoms with Gasteiger partial charge in [0.15, 0.2) is 5.82 Å². The van der Waals surface area contributed by atoms with Crippen molar-refractivity contribution < 1.29 is 22.7 Å². The summed E-state index contributed by atoms with van der Waals surface area (Å²) >= 11 is 0. The lowest BCUT2D eigenvalue weighted by Crippen LogP contribution is -2.34. The predicted octanol–water partition coefficient (Wildman–Crippen LogP) is 2.43. The molecule has 0 bridgehead atoms. The molecule has 0 atom stereocenters. The summed E-state index contributed by atoms with van der Waals surface area (Å²) in [5.41, 5.74) is 0.672. The number of anilines is 1. The molecular formula is C20H28FN3O4S. The number of carbonyl (C=O) groups excluding carboxylic acids is 1. The fourth-order valence-corrected chi connectivity index (χ4v) is 6.01. The van der Waals surface area contributed by atoms with Crippen LogP contribution in [0, 0.1) is 11.7 Å². The van der Waals surface area contributed by atoms with E-state index in [1.165, 1.54) is 44.6 Å². The van der Waals surface area contributed by atoms with Crippen LogP contribution in [0.25, 0.3) is 0 Å². The van der Waals surface area contributed by atoms with Crippen LogP contribution in [0.2, 0.25) is 0 Å². The van der Waals surface area contributed by atoms with Gasteiger partial charge in [-0.15, -0.1) is 0 Å². The van der Waals surface area contributed by atoms with E-state index >= 15 is 4.39 Å². The topological polar surface area (TPSA) is 90.0 Å². The minimum absolute atomic E-state index is 0.383. The fraction of sp³-hybridized carbons (Fsp3) is 0.650. The van der Waals surface area contributed by atoms with Gasteiger partial charge in [-0.2, -0.15) is 8.42 Å². The molecule has 0 spiro atoms. The number of phenolic OH excluding ortho intramolecular Hbond substituents is 1. The van der Waals surface area contributed by atoms with Crippen LogP contribution < -0.4 is 9.03 Å². The van der Waals surface area contributed by atoms with Crippen molar-refractivity contribution in [2.75, 3.05) is 23.9 Å². The first-order valence-electron chi connectivity index (χ1n) is 10.4. The number of benzene rings is 1. The van der Waals surface area contributed by atoms with Crippen molar-refractivity contribution in [1.29, 1.82) is 0 Å². The predicted molar refractivity (Wildman–Crippen MR) is 107 cm³/mol. The first-order valence-corrected chi connectivity index (χ1v) is 11.9. The smallest absolute Gasteiger partial charge is 0.326 e. The molecule has 160 valence electrons. The van der Waals surface area contributed by atoms with Gasteiger partial charge >= 0.3 is 10.2 Å². The Balaban J connectivity index is 1.48. The zero-order chi connectivity index (χ0) is 20.6. The van der Waals surface area contributed by atoms with Gasteiger partial charge in [0, 0.05) is 18.7 Å². The summed E-state index contributed by atoms with van der Waals surface area (Å²) in [5.74, 6) is -1.14. The second kappa shape index (κ2) is 8.10. The number of phenols is 1. The highest BCUT2D eigenvalue weighted by atomic mass is 32.2. The molecule has 3 aliphatic rings. The quantitative estimate of drug-likeness (QED) is 0.756. The van der Waals surface area contributed by atoms with Gasteiger partial charge in [-0.3, -0.25) is 9.69 Å². The van der Waals surface area contributed by atoms with Crippen LogP contribution in [-0.2, 0) is 28.0 Å². The van der Waals surface area contributed by atoms with Gasteiger partial charge in [-0.05, 0) is 43.4 Å². The summed E-state index contributed by atoms with van der Waals surface area (Å²) in [7, 11) is -4.18. The average Bonchev–Trinajstić information content (AvgIpc) is 2.95. The van der Waals surface area contributed by atoms with Crippen molar-refractivity contribution in [2.45, 2.75) is 57.9 Å². The lowest BCUT2D eigenvalue weighted by atomic mass is 9.86. The summed E-state index contributed by atoms with van der Waals surface area (Å²) in [4.78, 5) is 13.7. The van der Waals surface area contributed by atoms with Gasteiger partial charge in [0.05, 0.1) is 0 Å². The van der Waals surface area contributed by atoms with Crippen molar-refractivity contribution in [3.05, 3.63) is 23.0 Å². The summed E-state index contributed by atoms with van der Waals surface area (Å²) in [5, 5.41) is 10.3. The number of halogens is 1. The van der Waals surface area contributed by atoms with Gasteiger partial charge < -0.3 is 5.11 Å². The number of nitrogens with one attached hydrogen (secondary N) is 1. The molecule has 1 aliphatic carbocycles. The second-order valence-corrected chi connectivity index (χ2v) is 10.0. The highest BCUT2D eigenvalue weighted by Crippen LogP contribution is 2.39. The molecule has 1 saturated carbocycles. The van der Waals surface area contributed by atoms with Crippen LogP contribution in [0.5, 0.6) is 5.75 Å². The zero-order valence-corrected chi connectivity index (χ0v) is 17.3. The lowest BCUT2D eigenvalue weighted by Gasteiger charge is -2.31. The zero-order valence-electron chi connectivity index (χ0n) is 16.5. The summed E-state index contributed by atoms with van der Waals surface area (Å²) < 4.78 is 41.9. The standard InChI is InChI=1S/C20H28FN3O4S/c21-19-16-12-23(9-4-7-14-5-2-1-3-6-14)10-8-15(16)11-17(25)20(19)24-13-18(26)22-29(24,27)28/h11,14,25H,1-10,12-13H2,(H,22,26). The Labute approximate surface area is 171 Å². The number of fused-ring (bicyclic) bond motifs is 1. The Morgan fingerprint density at radius 3 is 2.66 bits per heavy atom. The highest BCUT2D eigenvalue weighted by Gasteiger charge is 2.39. The molecule has 1 aromatic rings. The van der Waals surface area contributed by atoms with Gasteiger partial charge in [0.25, 0.3) is 5.91 Å². The summed E-state index contributed by atoms with van der Waals surface area (Å²) in [6.07, 6.45) is 9.52. The molecule has 7 nitrogen and oxygen atoms in total. The van der Waals surface area contributed by atoms with E-state index in [0.29, 0.717) is 28.4 Å². The number of hydrogen-bond acceptors (Lipinski definition) is 5. The third-order valence-corrected chi connectivity index (χ3v) is 7.75. The van der Waals surface area contributed by atoms with E-state index < -0.39 is 39.9 Å². The first kappa shape index (κ1) is 20.4. The molecule has 2 aliphatic heterocycles. The molecule has 1 amide bonds. The summed E-state index contributed by atoms with van der Waals surface area (Å²) in [6, 6.07) is 1.44. The monoisotopic (exact) mass is 425 g/mol. The third-order valence-electron chi connectivity index (χ3n) is 6.37. The molecule has 2 fully saturated rings. The van der Waals surface area contributed by atoms with Crippen LogP contribution >= 0.6 is 0 Å². The van der Waals surface area contributed by atoms with E-state index in [2.05, 4.69) is 4.90 Å². The van der Waals surface area contributed by atoms with Crippen LogP contribution in [-0.4, -0.2) is 44.0 Å². The Morgan fingerprint density at radius 1 is 1.21 bits per heavy atom. The van der Waals surface area contributed by atoms with E-state index in [1.54, 1.807) is 0 Å². The van der Waals surface area contributed by atoms with E-state index in [9.17, 15) is 18.3 Å². The van der Waals surface area contributed by atoms with Crippen molar-refractivity contribution in [3.8, 4) is 5.75 Å². The number of hydrogen-bond donors (Lipinski definition) is 2. The van der Waals surface area contributed by atoms with Crippen LogP contribution in [0.4, 0.5) is 10.1 Å². The molecule has 4 rings (SSSR count). The maximum absolute atomic E-state index is 15.3. The fourth-order valence-electron chi connectivity index (χ4n) is 4.85. The third kappa shape index (κ3) is 4.21. The summed E-state index contributed by atoms with van der Waals surface area (Å²) in [6.45, 7) is 1.52. The molecule has 9 heteroatoms. The molecule has 2 N–H and O–H groups in total. The van der Waals surface area contributed by atoms with Crippen molar-refractivity contribution in [1.82, 2.24) is 9.62 Å². The van der Waals surface area contributed by atoms with Crippen molar-refractivity contribution >= 4 is 21.8 Å². The average molecular weight is 426 g/mol.